The van der Waals surface area contributed by atoms with Crippen LogP contribution in [0, 0.1) is 0 Å². The van der Waals surface area contributed by atoms with Gasteiger partial charge >= 0.3 is 0 Å². The second-order valence-corrected chi connectivity index (χ2v) is 7.08. The molecule has 2 rings (SSSR count). The average molecular weight is 403 g/mol. The maximum atomic E-state index is 13.0. The molecule has 0 radical (unpaired) electrons. The minimum Gasteiger partial charge on any atom is -0.497 e. The van der Waals surface area contributed by atoms with Crippen LogP contribution in [0.2, 0.25) is 5.02 Å². The Morgan fingerprint density at radius 2 is 1.86 bits per heavy atom. The second kappa shape index (κ2) is 10.7. The van der Waals surface area contributed by atoms with Gasteiger partial charge in [-0.25, -0.2) is 0 Å². The summed E-state index contributed by atoms with van der Waals surface area (Å²) >= 11 is 6.04. The molecule has 0 saturated carbocycles. The molecule has 0 saturated heterocycles. The molecule has 0 aliphatic rings. The maximum Gasteiger partial charge on any atom is 0.242 e. The third-order valence-corrected chi connectivity index (χ3v) is 4.71. The van der Waals surface area contributed by atoms with Crippen molar-refractivity contribution in [2.24, 2.45) is 0 Å². The van der Waals surface area contributed by atoms with Crippen molar-refractivity contribution >= 4 is 23.4 Å². The Bertz CT molecular complexity index is 793. The number of ether oxygens (including phenoxy) is 1. The summed E-state index contributed by atoms with van der Waals surface area (Å²) < 4.78 is 5.18. The molecule has 28 heavy (non-hydrogen) atoms. The molecule has 1 N–H and O–H groups in total. The smallest absolute Gasteiger partial charge is 0.242 e. The first-order valence-corrected chi connectivity index (χ1v) is 9.77. The molecule has 5 nitrogen and oxygen atoms in total. The molecule has 0 fully saturated rings. The number of carbonyl (C=O) groups is 2. The number of methoxy groups -OCH3 is 1. The number of hydrogen-bond donors (Lipinski definition) is 1. The van der Waals surface area contributed by atoms with Gasteiger partial charge in [0.05, 0.1) is 13.5 Å². The van der Waals surface area contributed by atoms with Gasteiger partial charge in [0.25, 0.3) is 0 Å². The largest absolute Gasteiger partial charge is 0.497 e. The lowest BCUT2D eigenvalue weighted by atomic mass is 10.1. The van der Waals surface area contributed by atoms with Crippen LogP contribution in [0.3, 0.4) is 0 Å². The highest BCUT2D eigenvalue weighted by atomic mass is 35.5. The van der Waals surface area contributed by atoms with Crippen LogP contribution in [0.15, 0.2) is 48.5 Å². The normalized spacial score (nSPS) is 11.6. The summed E-state index contributed by atoms with van der Waals surface area (Å²) in [5, 5.41) is 3.45. The average Bonchev–Trinajstić information content (AvgIpc) is 2.70. The quantitative estimate of drug-likeness (QED) is 0.693. The molecule has 0 aliphatic carbocycles. The number of nitrogens with one attached hydrogen (secondary N) is 1. The van der Waals surface area contributed by atoms with Crippen molar-refractivity contribution in [1.29, 1.82) is 0 Å². The van der Waals surface area contributed by atoms with Gasteiger partial charge in [0.2, 0.25) is 11.8 Å². The predicted molar refractivity (Wildman–Crippen MR) is 111 cm³/mol. The number of carbonyl (C=O) groups excluding carboxylic acids is 2. The van der Waals surface area contributed by atoms with Gasteiger partial charge in [-0.2, -0.15) is 0 Å². The lowest BCUT2D eigenvalue weighted by Crippen LogP contribution is -2.48. The first kappa shape index (κ1) is 21.8. The fraction of sp³-hybridized carbons (Fsp3) is 0.364. The van der Waals surface area contributed by atoms with Gasteiger partial charge in [-0.15, -0.1) is 0 Å². The van der Waals surface area contributed by atoms with E-state index in [4.69, 9.17) is 16.3 Å². The maximum absolute atomic E-state index is 13.0. The fourth-order valence-electron chi connectivity index (χ4n) is 2.83. The molecule has 0 bridgehead atoms. The van der Waals surface area contributed by atoms with Gasteiger partial charge in [0.1, 0.15) is 11.8 Å². The molecular weight excluding hydrogens is 376 g/mol. The standard InChI is InChI=1S/C22H27ClN2O3/c1-4-12-24-22(27)16(2)25(15-17-8-10-20(28-3)11-9-17)21(26)14-18-6-5-7-19(23)13-18/h5-11,13,16H,4,12,14-15H2,1-3H3,(H,24,27)/t16-/m1/s1. The van der Waals surface area contributed by atoms with E-state index < -0.39 is 6.04 Å². The molecular formula is C22H27ClN2O3. The number of nitrogens with zero attached hydrogens (tertiary/aromatic N) is 1. The topological polar surface area (TPSA) is 58.6 Å². The van der Waals surface area contributed by atoms with Gasteiger partial charge in [-0.1, -0.05) is 42.8 Å². The molecule has 2 amide bonds. The predicted octanol–water partition coefficient (Wildman–Crippen LogP) is 3.83. The van der Waals surface area contributed by atoms with Crippen LogP contribution in [-0.2, 0) is 22.6 Å². The van der Waals surface area contributed by atoms with E-state index in [0.717, 1.165) is 23.3 Å². The molecule has 2 aromatic rings. The highest BCUT2D eigenvalue weighted by Crippen LogP contribution is 2.17. The summed E-state index contributed by atoms with van der Waals surface area (Å²) in [4.78, 5) is 27.2. The Hall–Kier alpha value is -2.53. The summed E-state index contributed by atoms with van der Waals surface area (Å²) in [7, 11) is 1.61. The molecule has 0 unspecified atom stereocenters. The minimum atomic E-state index is -0.583. The Balaban J connectivity index is 2.20. The third-order valence-electron chi connectivity index (χ3n) is 4.47. The lowest BCUT2D eigenvalue weighted by molar-refractivity contribution is -0.140. The van der Waals surface area contributed by atoms with Gasteiger partial charge in [-0.3, -0.25) is 9.59 Å². The van der Waals surface area contributed by atoms with E-state index in [0.29, 0.717) is 18.1 Å². The van der Waals surface area contributed by atoms with E-state index in [2.05, 4.69) is 5.32 Å². The molecule has 1 atom stereocenters. The lowest BCUT2D eigenvalue weighted by Gasteiger charge is -2.29. The van der Waals surface area contributed by atoms with E-state index in [-0.39, 0.29) is 18.2 Å². The molecule has 0 spiro atoms. The van der Waals surface area contributed by atoms with E-state index in [1.807, 2.05) is 43.3 Å². The summed E-state index contributed by atoms with van der Waals surface area (Å²) in [5.74, 6) is 0.460. The van der Waals surface area contributed by atoms with Crippen molar-refractivity contribution in [3.05, 3.63) is 64.7 Å². The van der Waals surface area contributed by atoms with Gasteiger partial charge in [0.15, 0.2) is 0 Å². The van der Waals surface area contributed by atoms with Crippen LogP contribution in [-0.4, -0.2) is 36.4 Å². The van der Waals surface area contributed by atoms with Crippen LogP contribution in [0.25, 0.3) is 0 Å². The minimum absolute atomic E-state index is 0.128. The van der Waals surface area contributed by atoms with Crippen molar-refractivity contribution < 1.29 is 14.3 Å². The zero-order chi connectivity index (χ0) is 20.5. The van der Waals surface area contributed by atoms with Crippen molar-refractivity contribution in [3.8, 4) is 5.75 Å². The molecule has 0 aromatic heterocycles. The van der Waals surface area contributed by atoms with E-state index >= 15 is 0 Å². The Labute approximate surface area is 171 Å². The molecule has 0 heterocycles. The number of halogens is 1. The van der Waals surface area contributed by atoms with Crippen LogP contribution in [0.5, 0.6) is 5.75 Å². The number of amides is 2. The van der Waals surface area contributed by atoms with Crippen LogP contribution < -0.4 is 10.1 Å². The van der Waals surface area contributed by atoms with Crippen molar-refractivity contribution in [2.45, 2.75) is 39.3 Å². The first-order chi connectivity index (χ1) is 13.4. The molecule has 2 aromatic carbocycles. The number of hydrogen-bond acceptors (Lipinski definition) is 3. The van der Waals surface area contributed by atoms with Crippen molar-refractivity contribution in [2.75, 3.05) is 13.7 Å². The third kappa shape index (κ3) is 6.27. The summed E-state index contributed by atoms with van der Waals surface area (Å²) in [6.45, 7) is 4.67. The summed E-state index contributed by atoms with van der Waals surface area (Å²) in [6.07, 6.45) is 1.02. The number of rotatable bonds is 9. The van der Waals surface area contributed by atoms with Crippen LogP contribution in [0.4, 0.5) is 0 Å². The second-order valence-electron chi connectivity index (χ2n) is 6.64. The fourth-order valence-corrected chi connectivity index (χ4v) is 3.04. The van der Waals surface area contributed by atoms with Crippen LogP contribution in [0.1, 0.15) is 31.4 Å². The Morgan fingerprint density at radius 3 is 2.46 bits per heavy atom. The Kier molecular flexibility index (Phi) is 8.33. The van der Waals surface area contributed by atoms with Crippen LogP contribution >= 0.6 is 11.6 Å². The molecule has 150 valence electrons. The first-order valence-electron chi connectivity index (χ1n) is 9.39. The van der Waals surface area contributed by atoms with Crippen molar-refractivity contribution in [1.82, 2.24) is 10.2 Å². The SMILES string of the molecule is CCCNC(=O)[C@@H](C)N(Cc1ccc(OC)cc1)C(=O)Cc1cccc(Cl)c1. The zero-order valence-electron chi connectivity index (χ0n) is 16.6. The molecule has 6 heteroatoms. The highest BCUT2D eigenvalue weighted by Gasteiger charge is 2.26. The zero-order valence-corrected chi connectivity index (χ0v) is 17.3. The summed E-state index contributed by atoms with van der Waals surface area (Å²) in [6, 6.07) is 14.1. The van der Waals surface area contributed by atoms with Gasteiger partial charge < -0.3 is 15.0 Å². The summed E-state index contributed by atoms with van der Waals surface area (Å²) in [5.41, 5.74) is 1.74. The van der Waals surface area contributed by atoms with E-state index in [9.17, 15) is 9.59 Å². The van der Waals surface area contributed by atoms with E-state index in [1.54, 1.807) is 31.1 Å². The van der Waals surface area contributed by atoms with Gasteiger partial charge in [-0.05, 0) is 48.7 Å². The highest BCUT2D eigenvalue weighted by molar-refractivity contribution is 6.30. The monoisotopic (exact) mass is 402 g/mol. The van der Waals surface area contributed by atoms with E-state index in [1.165, 1.54) is 0 Å². The Morgan fingerprint density at radius 1 is 1.14 bits per heavy atom. The van der Waals surface area contributed by atoms with Gasteiger partial charge in [0, 0.05) is 18.1 Å². The number of benzene rings is 2. The van der Waals surface area contributed by atoms with Crippen molar-refractivity contribution in [3.63, 3.8) is 0 Å². The molecule has 0 aliphatic heterocycles.